The molecule has 16 heavy (non-hydrogen) atoms. The van der Waals surface area contributed by atoms with Crippen LogP contribution in [0.15, 0.2) is 18.2 Å². The molecule has 1 aromatic rings. The van der Waals surface area contributed by atoms with Gasteiger partial charge in [-0.15, -0.1) is 0 Å². The summed E-state index contributed by atoms with van der Waals surface area (Å²) in [6, 6.07) is 4.51. The average Bonchev–Trinajstić information content (AvgIpc) is 2.18. The highest BCUT2D eigenvalue weighted by Crippen LogP contribution is 2.31. The quantitative estimate of drug-likeness (QED) is 0.813. The largest absolute Gasteiger partial charge is 0.390 e. The molecule has 0 spiro atoms. The zero-order valence-corrected chi connectivity index (χ0v) is 10.2. The molecule has 0 aliphatic heterocycles. The molecule has 0 saturated carbocycles. The van der Waals surface area contributed by atoms with Gasteiger partial charge in [-0.25, -0.2) is 4.39 Å². The normalized spacial score (nSPS) is 15.9. The van der Waals surface area contributed by atoms with E-state index in [0.717, 1.165) is 5.56 Å². The summed E-state index contributed by atoms with van der Waals surface area (Å²) >= 11 is 0. The SMILES string of the molecule is Cc1ccc(F)c(C(O)C(O)C(C)(C)C)c1. The Kier molecular flexibility index (Phi) is 3.71. The van der Waals surface area contributed by atoms with Crippen molar-refractivity contribution >= 4 is 0 Å². The first-order valence-electron chi connectivity index (χ1n) is 5.35. The Hall–Kier alpha value is -0.930. The van der Waals surface area contributed by atoms with Crippen LogP contribution in [0.5, 0.6) is 0 Å². The van der Waals surface area contributed by atoms with Gasteiger partial charge in [0, 0.05) is 5.56 Å². The van der Waals surface area contributed by atoms with Crippen LogP contribution in [0.1, 0.15) is 38.0 Å². The molecule has 2 nitrogen and oxygen atoms in total. The molecule has 0 aliphatic rings. The highest BCUT2D eigenvalue weighted by Gasteiger charge is 2.31. The number of benzene rings is 1. The Morgan fingerprint density at radius 2 is 1.75 bits per heavy atom. The van der Waals surface area contributed by atoms with Crippen molar-refractivity contribution in [2.75, 3.05) is 0 Å². The van der Waals surface area contributed by atoms with Crippen LogP contribution in [-0.4, -0.2) is 16.3 Å². The van der Waals surface area contributed by atoms with Crippen molar-refractivity contribution in [1.82, 2.24) is 0 Å². The van der Waals surface area contributed by atoms with E-state index in [-0.39, 0.29) is 5.56 Å². The lowest BCUT2D eigenvalue weighted by Crippen LogP contribution is -2.32. The van der Waals surface area contributed by atoms with Gasteiger partial charge in [0.25, 0.3) is 0 Å². The first-order chi connectivity index (χ1) is 7.23. The van der Waals surface area contributed by atoms with Crippen LogP contribution in [0.2, 0.25) is 0 Å². The minimum Gasteiger partial charge on any atom is -0.390 e. The van der Waals surface area contributed by atoms with E-state index >= 15 is 0 Å². The lowest BCUT2D eigenvalue weighted by atomic mass is 9.83. The summed E-state index contributed by atoms with van der Waals surface area (Å²) in [5.74, 6) is -0.485. The van der Waals surface area contributed by atoms with Crippen molar-refractivity contribution in [3.63, 3.8) is 0 Å². The minimum absolute atomic E-state index is 0.155. The van der Waals surface area contributed by atoms with Gasteiger partial charge < -0.3 is 10.2 Å². The fourth-order valence-corrected chi connectivity index (χ4v) is 1.53. The molecule has 0 aromatic heterocycles. The first kappa shape index (κ1) is 13.1. The first-order valence-corrected chi connectivity index (χ1v) is 5.35. The average molecular weight is 226 g/mol. The summed E-state index contributed by atoms with van der Waals surface area (Å²) in [7, 11) is 0. The van der Waals surface area contributed by atoms with E-state index < -0.39 is 23.4 Å². The van der Waals surface area contributed by atoms with Gasteiger partial charge in [-0.3, -0.25) is 0 Å². The maximum absolute atomic E-state index is 13.5. The fraction of sp³-hybridized carbons (Fsp3) is 0.538. The molecule has 90 valence electrons. The van der Waals surface area contributed by atoms with Crippen LogP contribution in [-0.2, 0) is 0 Å². The van der Waals surface area contributed by atoms with Crippen molar-refractivity contribution in [3.8, 4) is 0 Å². The van der Waals surface area contributed by atoms with Gasteiger partial charge >= 0.3 is 0 Å². The third kappa shape index (κ3) is 2.80. The lowest BCUT2D eigenvalue weighted by molar-refractivity contribution is -0.0472. The second-order valence-electron chi connectivity index (χ2n) is 5.28. The van der Waals surface area contributed by atoms with Crippen LogP contribution >= 0.6 is 0 Å². The van der Waals surface area contributed by atoms with Gasteiger partial charge in [-0.05, 0) is 18.4 Å². The Morgan fingerprint density at radius 1 is 1.19 bits per heavy atom. The number of hydrogen-bond donors (Lipinski definition) is 2. The van der Waals surface area contributed by atoms with Crippen LogP contribution in [0.3, 0.4) is 0 Å². The highest BCUT2D eigenvalue weighted by atomic mass is 19.1. The van der Waals surface area contributed by atoms with E-state index in [1.807, 2.05) is 6.92 Å². The molecule has 0 saturated heterocycles. The molecule has 0 radical (unpaired) electrons. The van der Waals surface area contributed by atoms with E-state index in [4.69, 9.17) is 0 Å². The second kappa shape index (κ2) is 4.52. The Morgan fingerprint density at radius 3 is 2.25 bits per heavy atom. The summed E-state index contributed by atoms with van der Waals surface area (Å²) < 4.78 is 13.5. The molecule has 2 atom stereocenters. The molecule has 0 amide bonds. The van der Waals surface area contributed by atoms with Gasteiger partial charge in [0.2, 0.25) is 0 Å². The smallest absolute Gasteiger partial charge is 0.129 e. The molecule has 0 fully saturated rings. The van der Waals surface area contributed by atoms with E-state index in [0.29, 0.717) is 0 Å². The van der Waals surface area contributed by atoms with Crippen molar-refractivity contribution in [3.05, 3.63) is 35.1 Å². The van der Waals surface area contributed by atoms with Gasteiger partial charge in [-0.2, -0.15) is 0 Å². The van der Waals surface area contributed by atoms with Crippen LogP contribution < -0.4 is 0 Å². The number of aliphatic hydroxyl groups excluding tert-OH is 2. The number of rotatable bonds is 2. The molecule has 0 heterocycles. The number of aliphatic hydroxyl groups is 2. The maximum Gasteiger partial charge on any atom is 0.129 e. The van der Waals surface area contributed by atoms with Crippen molar-refractivity contribution in [2.24, 2.45) is 5.41 Å². The van der Waals surface area contributed by atoms with Gasteiger partial charge in [0.1, 0.15) is 11.9 Å². The molecule has 3 heteroatoms. The molecule has 1 rings (SSSR count). The molecule has 2 unspecified atom stereocenters. The van der Waals surface area contributed by atoms with Crippen LogP contribution in [0, 0.1) is 18.2 Å². The summed E-state index contributed by atoms with van der Waals surface area (Å²) in [5.41, 5.74) is 0.522. The Labute approximate surface area is 95.7 Å². The van der Waals surface area contributed by atoms with Gasteiger partial charge in [-0.1, -0.05) is 38.5 Å². The van der Waals surface area contributed by atoms with E-state index in [1.54, 1.807) is 32.9 Å². The third-order valence-corrected chi connectivity index (χ3v) is 2.66. The molecular weight excluding hydrogens is 207 g/mol. The summed E-state index contributed by atoms with van der Waals surface area (Å²) in [6.45, 7) is 7.22. The van der Waals surface area contributed by atoms with Gasteiger partial charge in [0.05, 0.1) is 6.10 Å². The van der Waals surface area contributed by atoms with Crippen molar-refractivity contribution < 1.29 is 14.6 Å². The Bertz CT molecular complexity index is 369. The monoisotopic (exact) mass is 226 g/mol. The molecule has 0 aliphatic carbocycles. The topological polar surface area (TPSA) is 40.5 Å². The zero-order valence-electron chi connectivity index (χ0n) is 10.2. The van der Waals surface area contributed by atoms with E-state index in [1.165, 1.54) is 6.07 Å². The zero-order chi connectivity index (χ0) is 12.5. The minimum atomic E-state index is -1.19. The van der Waals surface area contributed by atoms with Crippen LogP contribution in [0.4, 0.5) is 4.39 Å². The molecule has 1 aromatic carbocycles. The second-order valence-corrected chi connectivity index (χ2v) is 5.28. The highest BCUT2D eigenvalue weighted by molar-refractivity contribution is 5.26. The predicted octanol–water partition coefficient (Wildman–Crippen LogP) is 2.57. The number of hydrogen-bond acceptors (Lipinski definition) is 2. The standard InChI is InChI=1S/C13H19FO2/c1-8-5-6-10(14)9(7-8)11(15)12(16)13(2,3)4/h5-7,11-12,15-16H,1-4H3. The third-order valence-electron chi connectivity index (χ3n) is 2.66. The fourth-order valence-electron chi connectivity index (χ4n) is 1.53. The number of halogens is 1. The predicted molar refractivity (Wildman–Crippen MR) is 61.6 cm³/mol. The van der Waals surface area contributed by atoms with Crippen LogP contribution in [0.25, 0.3) is 0 Å². The molecule has 2 N–H and O–H groups in total. The molecule has 0 bridgehead atoms. The summed E-state index contributed by atoms with van der Waals surface area (Å²) in [5, 5.41) is 19.8. The number of aryl methyl sites for hydroxylation is 1. The van der Waals surface area contributed by atoms with Gasteiger partial charge in [0.15, 0.2) is 0 Å². The van der Waals surface area contributed by atoms with E-state index in [2.05, 4.69) is 0 Å². The summed E-state index contributed by atoms with van der Waals surface area (Å²) in [4.78, 5) is 0. The maximum atomic E-state index is 13.5. The molecular formula is C13H19FO2. The Balaban J connectivity index is 3.05. The van der Waals surface area contributed by atoms with E-state index in [9.17, 15) is 14.6 Å². The summed E-state index contributed by atoms with van der Waals surface area (Å²) in [6.07, 6.45) is -2.19. The lowest BCUT2D eigenvalue weighted by Gasteiger charge is -2.30. The van der Waals surface area contributed by atoms with Crippen molar-refractivity contribution in [1.29, 1.82) is 0 Å². The van der Waals surface area contributed by atoms with Crippen molar-refractivity contribution in [2.45, 2.75) is 39.9 Å².